The fourth-order valence-corrected chi connectivity index (χ4v) is 4.29. The van der Waals surface area contributed by atoms with Gasteiger partial charge in [-0.1, -0.05) is 35.9 Å². The van der Waals surface area contributed by atoms with Crippen LogP contribution in [0.3, 0.4) is 0 Å². The van der Waals surface area contributed by atoms with Crippen molar-refractivity contribution in [3.8, 4) is 6.07 Å². The first-order chi connectivity index (χ1) is 15.5. The zero-order chi connectivity index (χ0) is 22.8. The smallest absolute Gasteiger partial charge is 0.338 e. The number of ether oxygens (including phenoxy) is 1. The molecule has 0 saturated carbocycles. The van der Waals surface area contributed by atoms with Crippen LogP contribution in [0.5, 0.6) is 0 Å². The molecule has 3 aromatic carbocycles. The van der Waals surface area contributed by atoms with Crippen LogP contribution in [0, 0.1) is 11.3 Å². The predicted molar refractivity (Wildman–Crippen MR) is 129 cm³/mol. The molecule has 1 amide bonds. The first kappa shape index (κ1) is 23.7. The van der Waals surface area contributed by atoms with Gasteiger partial charge in [-0.25, -0.2) is 4.79 Å². The molecule has 0 atom stereocenters. The molecule has 0 aliphatic carbocycles. The Morgan fingerprint density at radius 2 is 1.69 bits per heavy atom. The van der Waals surface area contributed by atoms with Crippen LogP contribution in [0.1, 0.15) is 15.9 Å². The standard InChI is InChI=1S/C24H19ClN2O3S2/c25-19-9-11-20(12-10-19)32-16-17-5-7-18(8-6-17)24(29)30-15-23(28)27-21-3-1-2-4-22(21)31-14-13-26/h1-12H,14-16H2,(H,27,28). The maximum atomic E-state index is 12.3. The number of rotatable bonds is 9. The fraction of sp³-hybridized carbons (Fsp3) is 0.125. The third kappa shape index (κ3) is 7.34. The molecule has 1 N–H and O–H groups in total. The predicted octanol–water partition coefficient (Wildman–Crippen LogP) is 6.04. The first-order valence-corrected chi connectivity index (χ1v) is 11.9. The number of carbonyl (C=O) groups excluding carboxylic acids is 2. The highest BCUT2D eigenvalue weighted by Gasteiger charge is 2.12. The van der Waals surface area contributed by atoms with E-state index in [0.29, 0.717) is 16.3 Å². The van der Waals surface area contributed by atoms with Crippen molar-refractivity contribution in [1.82, 2.24) is 0 Å². The lowest BCUT2D eigenvalue weighted by Crippen LogP contribution is -2.21. The lowest BCUT2D eigenvalue weighted by atomic mass is 10.1. The van der Waals surface area contributed by atoms with Crippen molar-refractivity contribution in [2.45, 2.75) is 15.5 Å². The number of hydrogen-bond acceptors (Lipinski definition) is 6. The fourth-order valence-electron chi connectivity index (χ4n) is 2.64. The zero-order valence-corrected chi connectivity index (χ0v) is 19.3. The largest absolute Gasteiger partial charge is 0.452 e. The maximum absolute atomic E-state index is 12.3. The van der Waals surface area contributed by atoms with E-state index in [1.165, 1.54) is 11.8 Å². The molecule has 0 aliphatic heterocycles. The van der Waals surface area contributed by atoms with Gasteiger partial charge in [-0.15, -0.1) is 23.5 Å². The van der Waals surface area contributed by atoms with Crippen molar-refractivity contribution in [3.05, 3.63) is 88.9 Å². The Morgan fingerprint density at radius 3 is 2.41 bits per heavy atom. The summed E-state index contributed by atoms with van der Waals surface area (Å²) in [6.45, 7) is -0.399. The van der Waals surface area contributed by atoms with E-state index in [0.717, 1.165) is 21.1 Å². The highest BCUT2D eigenvalue weighted by Crippen LogP contribution is 2.27. The summed E-state index contributed by atoms with van der Waals surface area (Å²) < 4.78 is 5.14. The quantitative estimate of drug-likeness (QED) is 0.295. The zero-order valence-electron chi connectivity index (χ0n) is 16.9. The summed E-state index contributed by atoms with van der Waals surface area (Å²) in [5.74, 6) is 0.0158. The van der Waals surface area contributed by atoms with Gasteiger partial charge in [0.15, 0.2) is 6.61 Å². The molecule has 8 heteroatoms. The second-order valence-electron chi connectivity index (χ2n) is 6.51. The summed E-state index contributed by atoms with van der Waals surface area (Å²) in [7, 11) is 0. The Hall–Kier alpha value is -2.92. The van der Waals surface area contributed by atoms with Gasteiger partial charge in [-0.2, -0.15) is 5.26 Å². The number of esters is 1. The van der Waals surface area contributed by atoms with Gasteiger partial charge in [-0.05, 0) is 54.1 Å². The van der Waals surface area contributed by atoms with Crippen LogP contribution in [-0.4, -0.2) is 24.2 Å². The van der Waals surface area contributed by atoms with Crippen molar-refractivity contribution >= 4 is 52.7 Å². The summed E-state index contributed by atoms with van der Waals surface area (Å²) in [6, 6.07) is 23.9. The number of amides is 1. The Morgan fingerprint density at radius 1 is 0.969 bits per heavy atom. The summed E-state index contributed by atoms with van der Waals surface area (Å²) in [5, 5.41) is 12.2. The van der Waals surface area contributed by atoms with Gasteiger partial charge in [0, 0.05) is 20.6 Å². The van der Waals surface area contributed by atoms with Gasteiger partial charge >= 0.3 is 5.97 Å². The summed E-state index contributed by atoms with van der Waals surface area (Å²) in [5.41, 5.74) is 2.02. The van der Waals surface area contributed by atoms with E-state index in [9.17, 15) is 9.59 Å². The second kappa shape index (κ2) is 12.2. The molecule has 5 nitrogen and oxygen atoms in total. The van der Waals surface area contributed by atoms with Crippen LogP contribution >= 0.6 is 35.1 Å². The minimum atomic E-state index is -0.566. The minimum Gasteiger partial charge on any atom is -0.452 e. The number of nitrogens with one attached hydrogen (secondary N) is 1. The molecule has 0 spiro atoms. The van der Waals surface area contributed by atoms with E-state index in [1.54, 1.807) is 36.0 Å². The Balaban J connectivity index is 1.48. The summed E-state index contributed by atoms with van der Waals surface area (Å²) in [6.07, 6.45) is 0. The Bertz CT molecular complexity index is 1110. The van der Waals surface area contributed by atoms with E-state index in [2.05, 4.69) is 11.4 Å². The molecule has 0 fully saturated rings. The SMILES string of the molecule is N#CCSc1ccccc1NC(=O)COC(=O)c1ccc(CSc2ccc(Cl)cc2)cc1. The maximum Gasteiger partial charge on any atom is 0.338 e. The third-order valence-corrected chi connectivity index (χ3v) is 6.47. The van der Waals surface area contributed by atoms with Crippen LogP contribution in [0.4, 0.5) is 5.69 Å². The van der Waals surface area contributed by atoms with E-state index >= 15 is 0 Å². The van der Waals surface area contributed by atoms with Crippen molar-refractivity contribution in [3.63, 3.8) is 0 Å². The van der Waals surface area contributed by atoms with Crippen LogP contribution in [0.15, 0.2) is 82.6 Å². The minimum absolute atomic E-state index is 0.274. The number of hydrogen-bond donors (Lipinski definition) is 1. The molecule has 0 heterocycles. The third-order valence-electron chi connectivity index (χ3n) is 4.20. The van der Waals surface area contributed by atoms with Gasteiger partial charge in [-0.3, -0.25) is 4.79 Å². The molecular weight excluding hydrogens is 464 g/mol. The molecule has 3 rings (SSSR count). The van der Waals surface area contributed by atoms with Crippen LogP contribution in [0.25, 0.3) is 0 Å². The van der Waals surface area contributed by atoms with Gasteiger partial charge in [0.2, 0.25) is 0 Å². The number of nitrogens with zero attached hydrogens (tertiary/aromatic N) is 1. The van der Waals surface area contributed by atoms with E-state index in [1.807, 2.05) is 48.5 Å². The lowest BCUT2D eigenvalue weighted by molar-refractivity contribution is -0.119. The first-order valence-electron chi connectivity index (χ1n) is 9.58. The normalized spacial score (nSPS) is 10.2. The van der Waals surface area contributed by atoms with Crippen LogP contribution < -0.4 is 5.32 Å². The van der Waals surface area contributed by atoms with E-state index < -0.39 is 18.5 Å². The number of para-hydroxylation sites is 1. The summed E-state index contributed by atoms with van der Waals surface area (Å²) in [4.78, 5) is 26.4. The molecule has 0 aromatic heterocycles. The number of carbonyl (C=O) groups is 2. The van der Waals surface area contributed by atoms with Gasteiger partial charge in [0.1, 0.15) is 0 Å². The molecule has 0 radical (unpaired) electrons. The molecule has 3 aromatic rings. The van der Waals surface area contributed by atoms with E-state index in [-0.39, 0.29) is 5.75 Å². The topological polar surface area (TPSA) is 79.2 Å². The van der Waals surface area contributed by atoms with Gasteiger partial charge in [0.05, 0.1) is 23.1 Å². The van der Waals surface area contributed by atoms with Crippen molar-refractivity contribution in [2.75, 3.05) is 17.7 Å². The lowest BCUT2D eigenvalue weighted by Gasteiger charge is -2.10. The average Bonchev–Trinajstić information content (AvgIpc) is 2.82. The van der Waals surface area contributed by atoms with Crippen LogP contribution in [0.2, 0.25) is 5.02 Å². The number of thioether (sulfide) groups is 2. The van der Waals surface area contributed by atoms with Crippen molar-refractivity contribution < 1.29 is 14.3 Å². The number of halogens is 1. The monoisotopic (exact) mass is 482 g/mol. The number of anilines is 1. The molecular formula is C24H19ClN2O3S2. The molecule has 162 valence electrons. The van der Waals surface area contributed by atoms with Crippen molar-refractivity contribution in [2.24, 2.45) is 0 Å². The second-order valence-corrected chi connectivity index (χ2v) is 9.01. The highest BCUT2D eigenvalue weighted by molar-refractivity contribution is 7.99. The molecule has 0 saturated heterocycles. The number of nitriles is 1. The molecule has 32 heavy (non-hydrogen) atoms. The van der Waals surface area contributed by atoms with Crippen molar-refractivity contribution in [1.29, 1.82) is 5.26 Å². The average molecular weight is 483 g/mol. The molecule has 0 unspecified atom stereocenters. The summed E-state index contributed by atoms with van der Waals surface area (Å²) >= 11 is 8.89. The molecule has 0 bridgehead atoms. The van der Waals surface area contributed by atoms with Crippen LogP contribution in [-0.2, 0) is 15.3 Å². The Labute approximate surface area is 200 Å². The van der Waals surface area contributed by atoms with Gasteiger partial charge < -0.3 is 10.1 Å². The highest BCUT2D eigenvalue weighted by atomic mass is 35.5. The Kier molecular flexibility index (Phi) is 9.05. The number of benzene rings is 3. The van der Waals surface area contributed by atoms with Gasteiger partial charge in [0.25, 0.3) is 5.91 Å². The van der Waals surface area contributed by atoms with E-state index in [4.69, 9.17) is 21.6 Å². The molecule has 0 aliphatic rings.